The molecule has 1 amide bonds. The molecule has 0 aromatic carbocycles. The highest BCUT2D eigenvalue weighted by Gasteiger charge is 2.41. The molecule has 0 radical (unpaired) electrons. The van der Waals surface area contributed by atoms with Crippen molar-refractivity contribution in [2.75, 3.05) is 13.7 Å². The molecule has 102 valence electrons. The van der Waals surface area contributed by atoms with Gasteiger partial charge in [-0.05, 0) is 26.2 Å². The number of ether oxygens (including phenoxy) is 1. The van der Waals surface area contributed by atoms with Gasteiger partial charge in [-0.25, -0.2) is 0 Å². The average molecular weight is 255 g/mol. The first-order valence-corrected chi connectivity index (χ1v) is 6.63. The van der Waals surface area contributed by atoms with E-state index in [0.717, 1.165) is 12.8 Å². The zero-order chi connectivity index (χ0) is 13.3. The van der Waals surface area contributed by atoms with E-state index in [2.05, 4.69) is 0 Å². The van der Waals surface area contributed by atoms with Crippen LogP contribution in [0, 0.1) is 11.8 Å². The second-order valence-electron chi connectivity index (χ2n) is 5.36. The first kappa shape index (κ1) is 13.3. The highest BCUT2D eigenvalue weighted by Crippen LogP contribution is 2.34. The summed E-state index contributed by atoms with van der Waals surface area (Å²) < 4.78 is 5.46. The standard InChI is InChI=1S/C13H21NO4/c1-8-11(6-7-18-8)14(2)12(15)9-4-3-5-10(9)13(16)17/h8-11H,3-7H2,1-2H3,(H,16,17)/t8?,9-,10+,11?/m1/s1. The summed E-state index contributed by atoms with van der Waals surface area (Å²) in [5, 5.41) is 9.14. The van der Waals surface area contributed by atoms with Crippen molar-refractivity contribution < 1.29 is 19.4 Å². The first-order chi connectivity index (χ1) is 8.52. The van der Waals surface area contributed by atoms with Crippen molar-refractivity contribution in [2.24, 2.45) is 11.8 Å². The van der Waals surface area contributed by atoms with Crippen LogP contribution in [0.3, 0.4) is 0 Å². The van der Waals surface area contributed by atoms with Crippen molar-refractivity contribution in [1.82, 2.24) is 4.90 Å². The Kier molecular flexibility index (Phi) is 3.90. The van der Waals surface area contributed by atoms with Gasteiger partial charge in [0.1, 0.15) is 0 Å². The molecule has 1 heterocycles. The molecule has 1 aliphatic heterocycles. The van der Waals surface area contributed by atoms with Crippen LogP contribution in [-0.4, -0.2) is 47.7 Å². The van der Waals surface area contributed by atoms with E-state index < -0.39 is 11.9 Å². The van der Waals surface area contributed by atoms with E-state index in [1.165, 1.54) is 0 Å². The molecule has 4 atom stereocenters. The lowest BCUT2D eigenvalue weighted by Crippen LogP contribution is -2.45. The van der Waals surface area contributed by atoms with E-state index in [9.17, 15) is 9.59 Å². The lowest BCUT2D eigenvalue weighted by Gasteiger charge is -2.30. The number of carboxylic acids is 1. The molecule has 1 saturated heterocycles. The van der Waals surface area contributed by atoms with Gasteiger partial charge in [0.2, 0.25) is 5.91 Å². The van der Waals surface area contributed by atoms with Crippen LogP contribution in [0.5, 0.6) is 0 Å². The fourth-order valence-electron chi connectivity index (χ4n) is 3.21. The van der Waals surface area contributed by atoms with Gasteiger partial charge in [-0.2, -0.15) is 0 Å². The number of hydrogen-bond donors (Lipinski definition) is 1. The summed E-state index contributed by atoms with van der Waals surface area (Å²) in [6, 6.07) is 0.0903. The number of likely N-dealkylation sites (N-methyl/N-ethyl adjacent to an activating group) is 1. The van der Waals surface area contributed by atoms with Gasteiger partial charge in [0.25, 0.3) is 0 Å². The maximum Gasteiger partial charge on any atom is 0.307 e. The molecular weight excluding hydrogens is 234 g/mol. The zero-order valence-electron chi connectivity index (χ0n) is 11.0. The van der Waals surface area contributed by atoms with Crippen LogP contribution in [0.2, 0.25) is 0 Å². The van der Waals surface area contributed by atoms with Gasteiger partial charge in [0.15, 0.2) is 0 Å². The van der Waals surface area contributed by atoms with E-state index in [0.29, 0.717) is 19.4 Å². The fourth-order valence-corrected chi connectivity index (χ4v) is 3.21. The molecule has 2 fully saturated rings. The van der Waals surface area contributed by atoms with Crippen LogP contribution < -0.4 is 0 Å². The summed E-state index contributed by atoms with van der Waals surface area (Å²) in [4.78, 5) is 25.2. The molecule has 0 aromatic rings. The largest absolute Gasteiger partial charge is 0.481 e. The van der Waals surface area contributed by atoms with E-state index >= 15 is 0 Å². The van der Waals surface area contributed by atoms with Crippen LogP contribution in [0.15, 0.2) is 0 Å². The van der Waals surface area contributed by atoms with Gasteiger partial charge in [0, 0.05) is 13.7 Å². The Morgan fingerprint density at radius 2 is 1.89 bits per heavy atom. The van der Waals surface area contributed by atoms with Gasteiger partial charge in [0.05, 0.1) is 24.0 Å². The van der Waals surface area contributed by atoms with E-state index in [1.54, 1.807) is 11.9 Å². The molecule has 5 heteroatoms. The maximum absolute atomic E-state index is 12.4. The summed E-state index contributed by atoms with van der Waals surface area (Å²) in [6.07, 6.45) is 3.04. The molecule has 18 heavy (non-hydrogen) atoms. The average Bonchev–Trinajstić information content (AvgIpc) is 2.95. The molecule has 2 rings (SSSR count). The van der Waals surface area contributed by atoms with Gasteiger partial charge >= 0.3 is 5.97 Å². The lowest BCUT2D eigenvalue weighted by molar-refractivity contribution is -0.149. The molecule has 1 N–H and O–H groups in total. The van der Waals surface area contributed by atoms with Gasteiger partial charge in [-0.15, -0.1) is 0 Å². The Morgan fingerprint density at radius 3 is 2.44 bits per heavy atom. The number of carbonyl (C=O) groups excluding carboxylic acids is 1. The molecule has 2 aliphatic rings. The maximum atomic E-state index is 12.4. The number of carboxylic acid groups (broad SMARTS) is 1. The smallest absolute Gasteiger partial charge is 0.307 e. The van der Waals surface area contributed by atoms with Crippen LogP contribution in [-0.2, 0) is 14.3 Å². The normalized spacial score (nSPS) is 35.7. The third kappa shape index (κ3) is 2.36. The van der Waals surface area contributed by atoms with Crippen LogP contribution in [0.1, 0.15) is 32.6 Å². The SMILES string of the molecule is CC1OCCC1N(C)C(=O)[C@@H]1CCC[C@@H]1C(=O)O. The molecule has 1 saturated carbocycles. The van der Waals surface area contributed by atoms with Crippen molar-refractivity contribution in [3.63, 3.8) is 0 Å². The molecular formula is C13H21NO4. The number of rotatable bonds is 3. The Hall–Kier alpha value is -1.10. The lowest BCUT2D eigenvalue weighted by atomic mass is 9.94. The van der Waals surface area contributed by atoms with E-state index in [4.69, 9.17) is 9.84 Å². The van der Waals surface area contributed by atoms with Crippen molar-refractivity contribution in [3.05, 3.63) is 0 Å². The Balaban J connectivity index is 2.04. The number of hydrogen-bond acceptors (Lipinski definition) is 3. The Labute approximate surface area is 107 Å². The van der Waals surface area contributed by atoms with E-state index in [1.807, 2.05) is 6.92 Å². The summed E-state index contributed by atoms with van der Waals surface area (Å²) in [6.45, 7) is 2.64. The minimum absolute atomic E-state index is 0.0257. The summed E-state index contributed by atoms with van der Waals surface area (Å²) in [5.74, 6) is -1.71. The second-order valence-corrected chi connectivity index (χ2v) is 5.36. The van der Waals surface area contributed by atoms with Gasteiger partial charge in [-0.3, -0.25) is 9.59 Å². The van der Waals surface area contributed by atoms with Crippen molar-refractivity contribution in [1.29, 1.82) is 0 Å². The molecule has 2 unspecified atom stereocenters. The predicted octanol–water partition coefficient (Wildman–Crippen LogP) is 1.12. The minimum atomic E-state index is -0.838. The molecule has 5 nitrogen and oxygen atoms in total. The van der Waals surface area contributed by atoms with Crippen LogP contribution >= 0.6 is 0 Å². The zero-order valence-corrected chi connectivity index (χ0v) is 11.0. The second kappa shape index (κ2) is 5.26. The number of amides is 1. The third-order valence-corrected chi connectivity index (χ3v) is 4.33. The fraction of sp³-hybridized carbons (Fsp3) is 0.846. The summed E-state index contributed by atoms with van der Waals surface area (Å²) >= 11 is 0. The highest BCUT2D eigenvalue weighted by atomic mass is 16.5. The predicted molar refractivity (Wildman–Crippen MR) is 65.1 cm³/mol. The van der Waals surface area contributed by atoms with Crippen molar-refractivity contribution >= 4 is 11.9 Å². The minimum Gasteiger partial charge on any atom is -0.481 e. The van der Waals surface area contributed by atoms with E-state index in [-0.39, 0.29) is 24.0 Å². The van der Waals surface area contributed by atoms with Crippen molar-refractivity contribution in [2.45, 2.75) is 44.8 Å². The highest BCUT2D eigenvalue weighted by molar-refractivity contribution is 5.85. The molecule has 0 bridgehead atoms. The summed E-state index contributed by atoms with van der Waals surface area (Å²) in [5.41, 5.74) is 0. The van der Waals surface area contributed by atoms with Gasteiger partial charge < -0.3 is 14.7 Å². The molecule has 0 aromatic heterocycles. The summed E-state index contributed by atoms with van der Waals surface area (Å²) in [7, 11) is 1.77. The Bertz CT molecular complexity index is 344. The first-order valence-electron chi connectivity index (χ1n) is 6.63. The van der Waals surface area contributed by atoms with Crippen LogP contribution in [0.4, 0.5) is 0 Å². The van der Waals surface area contributed by atoms with Crippen molar-refractivity contribution in [3.8, 4) is 0 Å². The third-order valence-electron chi connectivity index (χ3n) is 4.33. The van der Waals surface area contributed by atoms with Gasteiger partial charge in [-0.1, -0.05) is 6.42 Å². The number of nitrogens with zero attached hydrogens (tertiary/aromatic N) is 1. The topological polar surface area (TPSA) is 66.8 Å². The number of aliphatic carboxylic acids is 1. The number of carbonyl (C=O) groups is 2. The molecule has 0 spiro atoms. The monoisotopic (exact) mass is 255 g/mol. The quantitative estimate of drug-likeness (QED) is 0.820. The molecule has 1 aliphatic carbocycles. The Morgan fingerprint density at radius 1 is 1.22 bits per heavy atom. The van der Waals surface area contributed by atoms with Crippen LogP contribution in [0.25, 0.3) is 0 Å².